The Kier molecular flexibility index (Phi) is 6.15. The number of nitrogens with one attached hydrogen (secondary N) is 1. The van der Waals surface area contributed by atoms with Crippen molar-refractivity contribution in [2.24, 2.45) is 0 Å². The van der Waals surface area contributed by atoms with Gasteiger partial charge in [-0.15, -0.1) is 11.3 Å². The molecule has 0 amide bonds. The highest BCUT2D eigenvalue weighted by Gasteiger charge is 2.21. The first kappa shape index (κ1) is 21.8. The minimum absolute atomic E-state index is 0.0146. The van der Waals surface area contributed by atoms with E-state index in [0.29, 0.717) is 0 Å². The van der Waals surface area contributed by atoms with Crippen molar-refractivity contribution in [1.82, 2.24) is 0 Å². The second-order valence-corrected chi connectivity index (χ2v) is 10.2. The standard InChI is InChI=1S/C19H17NO7S3/c1-13-3-7-16(8-4-13)30(24,25)27-14-5-9-15(10-6-14)29(22,23)20-17-11-12-28-18(17)19(21)26-2/h3-12,20H,1-2H3. The van der Waals surface area contributed by atoms with Crippen molar-refractivity contribution >= 4 is 43.1 Å². The molecule has 0 saturated carbocycles. The van der Waals surface area contributed by atoms with Crippen molar-refractivity contribution in [1.29, 1.82) is 0 Å². The minimum atomic E-state index is -4.05. The van der Waals surface area contributed by atoms with Gasteiger partial charge in [0.05, 0.1) is 17.7 Å². The van der Waals surface area contributed by atoms with Gasteiger partial charge in [0.15, 0.2) is 0 Å². The number of anilines is 1. The maximum absolute atomic E-state index is 12.6. The van der Waals surface area contributed by atoms with Crippen LogP contribution in [0.2, 0.25) is 0 Å². The van der Waals surface area contributed by atoms with Crippen LogP contribution in [0.15, 0.2) is 69.8 Å². The van der Waals surface area contributed by atoms with Crippen LogP contribution in [0, 0.1) is 6.92 Å². The van der Waals surface area contributed by atoms with Crippen molar-refractivity contribution < 1.29 is 30.6 Å². The molecule has 3 aromatic rings. The molecular formula is C19H17NO7S3. The summed E-state index contributed by atoms with van der Waals surface area (Å²) in [5, 5.41) is 1.55. The Balaban J connectivity index is 1.79. The summed E-state index contributed by atoms with van der Waals surface area (Å²) in [5.74, 6) is -0.701. The highest BCUT2D eigenvalue weighted by molar-refractivity contribution is 7.92. The molecule has 0 aliphatic rings. The molecule has 0 aliphatic heterocycles. The third-order valence-electron chi connectivity index (χ3n) is 3.93. The number of thiophene rings is 1. The van der Waals surface area contributed by atoms with Crippen LogP contribution in [0.1, 0.15) is 15.2 Å². The molecule has 0 radical (unpaired) electrons. The molecule has 0 fully saturated rings. The number of hydrogen-bond donors (Lipinski definition) is 1. The summed E-state index contributed by atoms with van der Waals surface area (Å²) >= 11 is 1.04. The Morgan fingerprint density at radius 1 is 0.900 bits per heavy atom. The lowest BCUT2D eigenvalue weighted by Gasteiger charge is -2.10. The predicted molar refractivity (Wildman–Crippen MR) is 112 cm³/mol. The van der Waals surface area contributed by atoms with E-state index in [9.17, 15) is 21.6 Å². The topological polar surface area (TPSA) is 116 Å². The lowest BCUT2D eigenvalue weighted by atomic mass is 10.2. The third kappa shape index (κ3) is 4.81. The number of carbonyl (C=O) groups excluding carboxylic acids is 1. The molecule has 0 spiro atoms. The van der Waals surface area contributed by atoms with Gasteiger partial charge in [-0.25, -0.2) is 13.2 Å². The number of sulfonamides is 1. The van der Waals surface area contributed by atoms with E-state index in [4.69, 9.17) is 4.18 Å². The highest BCUT2D eigenvalue weighted by atomic mass is 32.2. The van der Waals surface area contributed by atoms with Crippen LogP contribution >= 0.6 is 11.3 Å². The number of hydrogen-bond acceptors (Lipinski definition) is 8. The summed E-state index contributed by atoms with van der Waals surface area (Å²) in [5.41, 5.74) is 0.992. The molecule has 1 heterocycles. The molecular weight excluding hydrogens is 450 g/mol. The van der Waals surface area contributed by atoms with Crippen molar-refractivity contribution in [2.45, 2.75) is 16.7 Å². The fourth-order valence-corrected chi connectivity index (χ4v) is 5.23. The highest BCUT2D eigenvalue weighted by Crippen LogP contribution is 2.27. The molecule has 2 aromatic carbocycles. The first-order chi connectivity index (χ1) is 14.1. The van der Waals surface area contributed by atoms with Gasteiger partial charge in [0.1, 0.15) is 15.5 Å². The number of benzene rings is 2. The number of esters is 1. The zero-order valence-corrected chi connectivity index (χ0v) is 18.3. The van der Waals surface area contributed by atoms with Crippen LogP contribution in [0.3, 0.4) is 0 Å². The normalized spacial score (nSPS) is 11.7. The molecule has 1 aromatic heterocycles. The van der Waals surface area contributed by atoms with E-state index in [1.54, 1.807) is 17.5 Å². The monoisotopic (exact) mass is 467 g/mol. The number of methoxy groups -OCH3 is 1. The number of carbonyl (C=O) groups is 1. The van der Waals surface area contributed by atoms with Crippen molar-refractivity contribution in [3.8, 4) is 5.75 Å². The van der Waals surface area contributed by atoms with Crippen molar-refractivity contribution in [3.63, 3.8) is 0 Å². The number of rotatable bonds is 7. The molecule has 0 saturated heterocycles. The number of aryl methyl sites for hydroxylation is 1. The second kappa shape index (κ2) is 8.46. The van der Waals surface area contributed by atoms with Crippen LogP contribution in [0.5, 0.6) is 5.75 Å². The van der Waals surface area contributed by atoms with E-state index in [0.717, 1.165) is 16.9 Å². The van der Waals surface area contributed by atoms with Gasteiger partial charge < -0.3 is 8.92 Å². The fourth-order valence-electron chi connectivity index (χ4n) is 2.40. The second-order valence-electron chi connectivity index (χ2n) is 6.08. The quantitative estimate of drug-likeness (QED) is 0.418. The minimum Gasteiger partial charge on any atom is -0.465 e. The smallest absolute Gasteiger partial charge is 0.350 e. The summed E-state index contributed by atoms with van der Waals surface area (Å²) in [6.45, 7) is 1.83. The summed E-state index contributed by atoms with van der Waals surface area (Å²) in [6, 6.07) is 12.4. The molecule has 3 rings (SSSR count). The zero-order valence-electron chi connectivity index (χ0n) is 15.9. The van der Waals surface area contributed by atoms with E-state index in [1.807, 2.05) is 6.92 Å². The lowest BCUT2D eigenvalue weighted by molar-refractivity contribution is 0.0607. The molecule has 0 bridgehead atoms. The lowest BCUT2D eigenvalue weighted by Crippen LogP contribution is -2.15. The van der Waals surface area contributed by atoms with Gasteiger partial charge >= 0.3 is 16.1 Å². The number of ether oxygens (including phenoxy) is 1. The molecule has 8 nitrogen and oxygen atoms in total. The van der Waals surface area contributed by atoms with Crippen molar-refractivity contribution in [2.75, 3.05) is 11.8 Å². The molecule has 0 aliphatic carbocycles. The van der Waals surface area contributed by atoms with E-state index < -0.39 is 26.1 Å². The maximum Gasteiger partial charge on any atom is 0.350 e. The average Bonchev–Trinajstić information content (AvgIpc) is 3.15. The van der Waals surface area contributed by atoms with E-state index >= 15 is 0 Å². The van der Waals surface area contributed by atoms with E-state index in [1.165, 1.54) is 49.6 Å². The van der Waals surface area contributed by atoms with Crippen LogP contribution < -0.4 is 8.91 Å². The Hall–Kier alpha value is -2.89. The first-order valence-corrected chi connectivity index (χ1v) is 12.2. The Bertz CT molecular complexity index is 1260. The zero-order chi connectivity index (χ0) is 21.9. The van der Waals surface area contributed by atoms with Gasteiger partial charge in [0, 0.05) is 0 Å². The molecule has 1 N–H and O–H groups in total. The Morgan fingerprint density at radius 2 is 1.50 bits per heavy atom. The Morgan fingerprint density at radius 3 is 2.10 bits per heavy atom. The van der Waals surface area contributed by atoms with Gasteiger partial charge in [0.2, 0.25) is 0 Å². The van der Waals surface area contributed by atoms with Gasteiger partial charge in [-0.05, 0) is 54.8 Å². The summed E-state index contributed by atoms with van der Waals surface area (Å²) in [4.78, 5) is 11.7. The van der Waals surface area contributed by atoms with Crippen LogP contribution in [0.25, 0.3) is 0 Å². The average molecular weight is 468 g/mol. The SMILES string of the molecule is COC(=O)c1sccc1NS(=O)(=O)c1ccc(OS(=O)(=O)c2ccc(C)cc2)cc1. The van der Waals surface area contributed by atoms with Gasteiger partial charge in [-0.1, -0.05) is 17.7 Å². The van der Waals surface area contributed by atoms with Crippen LogP contribution in [0.4, 0.5) is 5.69 Å². The molecule has 0 atom stereocenters. The van der Waals surface area contributed by atoms with E-state index in [2.05, 4.69) is 9.46 Å². The Labute approximate surface area is 178 Å². The predicted octanol–water partition coefficient (Wildman–Crippen LogP) is 3.41. The van der Waals surface area contributed by atoms with Crippen LogP contribution in [-0.4, -0.2) is 29.9 Å². The summed E-state index contributed by atoms with van der Waals surface area (Å²) in [6.07, 6.45) is 0. The first-order valence-electron chi connectivity index (χ1n) is 8.42. The van der Waals surface area contributed by atoms with Crippen molar-refractivity contribution in [3.05, 3.63) is 70.4 Å². The molecule has 30 heavy (non-hydrogen) atoms. The third-order valence-corrected chi connectivity index (χ3v) is 7.47. The maximum atomic E-state index is 12.6. The van der Waals surface area contributed by atoms with Gasteiger partial charge in [-0.3, -0.25) is 4.72 Å². The molecule has 11 heteroatoms. The van der Waals surface area contributed by atoms with Crippen LogP contribution in [-0.2, 0) is 24.9 Å². The van der Waals surface area contributed by atoms with Gasteiger partial charge in [0.25, 0.3) is 10.0 Å². The van der Waals surface area contributed by atoms with E-state index in [-0.39, 0.29) is 26.1 Å². The van der Waals surface area contributed by atoms with Gasteiger partial charge in [-0.2, -0.15) is 8.42 Å². The summed E-state index contributed by atoms with van der Waals surface area (Å²) < 4.78 is 61.9. The summed E-state index contributed by atoms with van der Waals surface area (Å²) in [7, 11) is -6.88. The molecule has 0 unspecified atom stereocenters. The molecule has 158 valence electrons. The fraction of sp³-hybridized carbons (Fsp3) is 0.105. The largest absolute Gasteiger partial charge is 0.465 e.